The number of hydrogen-bond donors (Lipinski definition) is 1. The first-order chi connectivity index (χ1) is 6.99. The summed E-state index contributed by atoms with van der Waals surface area (Å²) in [5.41, 5.74) is 7.56. The van der Waals surface area contributed by atoms with Gasteiger partial charge >= 0.3 is 0 Å². The maximum atomic E-state index is 5.62. The molecule has 1 aromatic rings. The molecule has 1 aromatic carbocycles. The normalized spacial score (nSPS) is 10.4. The maximum absolute atomic E-state index is 5.62. The molecule has 2 nitrogen and oxygen atoms in total. The summed E-state index contributed by atoms with van der Waals surface area (Å²) >= 11 is 4.94. The molecule has 0 bridgehead atoms. The zero-order chi connectivity index (χ0) is 11.4. The van der Waals surface area contributed by atoms with E-state index in [0.717, 1.165) is 16.9 Å². The number of ether oxygens (including phenoxy) is 1. The Morgan fingerprint density at radius 1 is 1.40 bits per heavy atom. The minimum absolute atomic E-state index is 0.410. The van der Waals surface area contributed by atoms with Gasteiger partial charge in [-0.15, -0.1) is 0 Å². The Morgan fingerprint density at radius 3 is 2.60 bits per heavy atom. The van der Waals surface area contributed by atoms with Crippen LogP contribution in [0.25, 0.3) is 0 Å². The molecule has 0 spiro atoms. The third-order valence-electron chi connectivity index (χ3n) is 1.92. The molecule has 0 heterocycles. The summed E-state index contributed by atoms with van der Waals surface area (Å²) in [5.74, 6) is 1.35. The van der Waals surface area contributed by atoms with Gasteiger partial charge in [-0.2, -0.15) is 0 Å². The fourth-order valence-corrected chi connectivity index (χ4v) is 1.35. The van der Waals surface area contributed by atoms with Gasteiger partial charge in [-0.05, 0) is 36.6 Å². The van der Waals surface area contributed by atoms with Gasteiger partial charge in [0.05, 0.1) is 6.61 Å². The first-order valence-electron chi connectivity index (χ1n) is 5.03. The van der Waals surface area contributed by atoms with E-state index in [4.69, 9.17) is 22.7 Å². The largest absolute Gasteiger partial charge is 0.493 e. The van der Waals surface area contributed by atoms with E-state index >= 15 is 0 Å². The van der Waals surface area contributed by atoms with Crippen molar-refractivity contribution in [2.45, 2.75) is 20.8 Å². The van der Waals surface area contributed by atoms with Gasteiger partial charge in [0.1, 0.15) is 10.7 Å². The molecule has 0 saturated carbocycles. The summed E-state index contributed by atoms with van der Waals surface area (Å²) in [6, 6.07) is 5.84. The molecule has 2 N–H and O–H groups in total. The lowest BCUT2D eigenvalue weighted by molar-refractivity contribution is 0.271. The number of benzene rings is 1. The van der Waals surface area contributed by atoms with Gasteiger partial charge in [-0.3, -0.25) is 0 Å². The Bertz CT molecular complexity index is 361. The van der Waals surface area contributed by atoms with Crippen molar-refractivity contribution >= 4 is 17.2 Å². The predicted octanol–water partition coefficient (Wildman–Crippen LogP) is 2.66. The van der Waals surface area contributed by atoms with E-state index in [1.807, 2.05) is 25.1 Å². The van der Waals surface area contributed by atoms with E-state index in [9.17, 15) is 0 Å². The summed E-state index contributed by atoms with van der Waals surface area (Å²) in [4.78, 5) is 0.410. The molecule has 0 radical (unpaired) electrons. The second-order valence-electron chi connectivity index (χ2n) is 4.10. The van der Waals surface area contributed by atoms with Crippen molar-refractivity contribution in [1.29, 1.82) is 0 Å². The van der Waals surface area contributed by atoms with Crippen molar-refractivity contribution in [3.8, 4) is 5.75 Å². The fraction of sp³-hybridized carbons (Fsp3) is 0.417. The first-order valence-corrected chi connectivity index (χ1v) is 5.44. The Hall–Kier alpha value is -1.09. The molecule has 0 aromatic heterocycles. The Labute approximate surface area is 96.4 Å². The standard InChI is InChI=1S/C12H17NOS/c1-8(2)7-14-11-5-9(3)4-10(6-11)12(13)15/h4-6,8H,7H2,1-3H3,(H2,13,15). The lowest BCUT2D eigenvalue weighted by Crippen LogP contribution is -2.10. The number of hydrogen-bond acceptors (Lipinski definition) is 2. The van der Waals surface area contributed by atoms with E-state index in [2.05, 4.69) is 13.8 Å². The van der Waals surface area contributed by atoms with Gasteiger partial charge in [0.2, 0.25) is 0 Å². The summed E-state index contributed by atoms with van der Waals surface area (Å²) in [5, 5.41) is 0. The highest BCUT2D eigenvalue weighted by molar-refractivity contribution is 7.80. The molecule has 0 atom stereocenters. The summed E-state index contributed by atoms with van der Waals surface area (Å²) in [7, 11) is 0. The number of rotatable bonds is 4. The first kappa shape index (κ1) is 12.0. The molecule has 0 saturated heterocycles. The van der Waals surface area contributed by atoms with Crippen LogP contribution in [0.1, 0.15) is 25.0 Å². The molecule has 3 heteroatoms. The monoisotopic (exact) mass is 223 g/mol. The second-order valence-corrected chi connectivity index (χ2v) is 4.54. The van der Waals surface area contributed by atoms with E-state index in [1.54, 1.807) is 0 Å². The van der Waals surface area contributed by atoms with Crippen LogP contribution in [0.3, 0.4) is 0 Å². The quantitative estimate of drug-likeness (QED) is 0.797. The number of thiocarbonyl (C=S) groups is 1. The molecule has 0 aliphatic rings. The van der Waals surface area contributed by atoms with Crippen LogP contribution in [0.2, 0.25) is 0 Å². The van der Waals surface area contributed by atoms with Crippen LogP contribution in [0.5, 0.6) is 5.75 Å². The van der Waals surface area contributed by atoms with E-state index < -0.39 is 0 Å². The van der Waals surface area contributed by atoms with E-state index in [1.165, 1.54) is 0 Å². The van der Waals surface area contributed by atoms with Crippen LogP contribution in [-0.2, 0) is 0 Å². The zero-order valence-electron chi connectivity index (χ0n) is 9.41. The van der Waals surface area contributed by atoms with E-state index in [0.29, 0.717) is 17.5 Å². The molecule has 0 aliphatic carbocycles. The van der Waals surface area contributed by atoms with Gasteiger partial charge < -0.3 is 10.5 Å². The Balaban J connectivity index is 2.84. The van der Waals surface area contributed by atoms with E-state index in [-0.39, 0.29) is 0 Å². The molecule has 82 valence electrons. The molecule has 0 fully saturated rings. The average molecular weight is 223 g/mol. The summed E-state index contributed by atoms with van der Waals surface area (Å²) < 4.78 is 5.62. The maximum Gasteiger partial charge on any atom is 0.120 e. The van der Waals surface area contributed by atoms with Crippen LogP contribution in [0.15, 0.2) is 18.2 Å². The minimum Gasteiger partial charge on any atom is -0.493 e. The molecule has 15 heavy (non-hydrogen) atoms. The fourth-order valence-electron chi connectivity index (χ4n) is 1.24. The van der Waals surface area contributed by atoms with Gasteiger partial charge in [0.15, 0.2) is 0 Å². The van der Waals surface area contributed by atoms with Gasteiger partial charge in [0, 0.05) is 5.56 Å². The van der Waals surface area contributed by atoms with Crippen LogP contribution < -0.4 is 10.5 Å². The van der Waals surface area contributed by atoms with Crippen LogP contribution >= 0.6 is 12.2 Å². The van der Waals surface area contributed by atoms with Crippen molar-refractivity contribution in [2.24, 2.45) is 11.7 Å². The Kier molecular flexibility index (Phi) is 4.09. The van der Waals surface area contributed by atoms with Crippen molar-refractivity contribution in [3.63, 3.8) is 0 Å². The highest BCUT2D eigenvalue weighted by Gasteiger charge is 2.02. The molecular formula is C12H17NOS. The average Bonchev–Trinajstić information content (AvgIpc) is 2.13. The van der Waals surface area contributed by atoms with Gasteiger partial charge in [0.25, 0.3) is 0 Å². The van der Waals surface area contributed by atoms with Crippen LogP contribution in [0.4, 0.5) is 0 Å². The van der Waals surface area contributed by atoms with Crippen molar-refractivity contribution < 1.29 is 4.74 Å². The van der Waals surface area contributed by atoms with Crippen LogP contribution in [-0.4, -0.2) is 11.6 Å². The molecule has 0 amide bonds. The summed E-state index contributed by atoms with van der Waals surface area (Å²) in [6.07, 6.45) is 0. The minimum atomic E-state index is 0.410. The van der Waals surface area contributed by atoms with Crippen molar-refractivity contribution in [1.82, 2.24) is 0 Å². The Morgan fingerprint density at radius 2 is 2.07 bits per heavy atom. The number of nitrogens with two attached hydrogens (primary N) is 1. The SMILES string of the molecule is Cc1cc(OCC(C)C)cc(C(N)=S)c1. The predicted molar refractivity (Wildman–Crippen MR) is 67.4 cm³/mol. The second kappa shape index (κ2) is 5.12. The van der Waals surface area contributed by atoms with Crippen LogP contribution in [0, 0.1) is 12.8 Å². The molecular weight excluding hydrogens is 206 g/mol. The zero-order valence-corrected chi connectivity index (χ0v) is 10.2. The van der Waals surface area contributed by atoms with Crippen molar-refractivity contribution in [3.05, 3.63) is 29.3 Å². The molecule has 0 aliphatic heterocycles. The summed E-state index contributed by atoms with van der Waals surface area (Å²) in [6.45, 7) is 6.94. The van der Waals surface area contributed by atoms with Gasteiger partial charge in [-0.1, -0.05) is 26.1 Å². The lowest BCUT2D eigenvalue weighted by atomic mass is 10.1. The van der Waals surface area contributed by atoms with Crippen molar-refractivity contribution in [2.75, 3.05) is 6.61 Å². The lowest BCUT2D eigenvalue weighted by Gasteiger charge is -2.10. The molecule has 1 rings (SSSR count). The number of aryl methyl sites for hydroxylation is 1. The topological polar surface area (TPSA) is 35.2 Å². The third kappa shape index (κ3) is 3.88. The highest BCUT2D eigenvalue weighted by Crippen LogP contribution is 2.17. The highest BCUT2D eigenvalue weighted by atomic mass is 32.1. The smallest absolute Gasteiger partial charge is 0.120 e. The third-order valence-corrected chi connectivity index (χ3v) is 2.15. The molecule has 0 unspecified atom stereocenters. The van der Waals surface area contributed by atoms with Gasteiger partial charge in [-0.25, -0.2) is 0 Å².